The monoisotopic (exact) mass is 310 g/mol. The van der Waals surface area contributed by atoms with E-state index in [4.69, 9.17) is 14.2 Å². The van der Waals surface area contributed by atoms with Crippen molar-refractivity contribution >= 4 is 11.7 Å². The van der Waals surface area contributed by atoms with Crippen molar-refractivity contribution in [2.45, 2.75) is 20.3 Å². The lowest BCUT2D eigenvalue weighted by molar-refractivity contribution is 0.108. The van der Waals surface area contributed by atoms with E-state index in [0.29, 0.717) is 36.3 Å². The second-order valence-corrected chi connectivity index (χ2v) is 5.30. The summed E-state index contributed by atoms with van der Waals surface area (Å²) in [6, 6.07) is 4.94. The first kappa shape index (κ1) is 18.1. The molecule has 0 bridgehead atoms. The second-order valence-electron chi connectivity index (χ2n) is 5.30. The van der Waals surface area contributed by atoms with Crippen LogP contribution in [0.25, 0.3) is 0 Å². The smallest absolute Gasteiger partial charge is 0.319 e. The van der Waals surface area contributed by atoms with Crippen molar-refractivity contribution in [1.29, 1.82) is 0 Å². The highest BCUT2D eigenvalue weighted by Gasteiger charge is 2.05. The summed E-state index contributed by atoms with van der Waals surface area (Å²) in [6.45, 7) is 6.16. The fourth-order valence-corrected chi connectivity index (χ4v) is 1.75. The number of methoxy groups -OCH3 is 2. The summed E-state index contributed by atoms with van der Waals surface area (Å²) in [5, 5.41) is 5.53. The van der Waals surface area contributed by atoms with Crippen LogP contribution in [0.3, 0.4) is 0 Å². The largest absolute Gasteiger partial charge is 0.497 e. The van der Waals surface area contributed by atoms with E-state index in [1.807, 2.05) is 0 Å². The van der Waals surface area contributed by atoms with Gasteiger partial charge < -0.3 is 24.8 Å². The number of benzene rings is 1. The molecular formula is C16H26N2O4. The Labute approximate surface area is 132 Å². The van der Waals surface area contributed by atoms with Crippen LogP contribution in [0.2, 0.25) is 0 Å². The molecule has 0 saturated heterocycles. The van der Waals surface area contributed by atoms with Crippen molar-refractivity contribution in [1.82, 2.24) is 5.32 Å². The van der Waals surface area contributed by atoms with Gasteiger partial charge in [0, 0.05) is 43.6 Å². The average molecular weight is 310 g/mol. The Morgan fingerprint density at radius 1 is 1.14 bits per heavy atom. The van der Waals surface area contributed by atoms with Crippen LogP contribution < -0.4 is 20.1 Å². The Hall–Kier alpha value is -1.95. The molecule has 6 heteroatoms. The number of rotatable bonds is 9. The first-order chi connectivity index (χ1) is 10.5. The van der Waals surface area contributed by atoms with E-state index in [1.165, 1.54) is 0 Å². The Morgan fingerprint density at radius 3 is 2.32 bits per heavy atom. The van der Waals surface area contributed by atoms with E-state index in [9.17, 15) is 4.79 Å². The van der Waals surface area contributed by atoms with E-state index in [2.05, 4.69) is 24.5 Å². The van der Waals surface area contributed by atoms with Gasteiger partial charge in [0.2, 0.25) is 0 Å². The molecule has 1 rings (SSSR count). The molecule has 0 atom stereocenters. The standard InChI is InChI=1S/C16H26N2O4/c1-12(2)11-22-7-5-6-17-16(19)18-13-8-14(20-3)10-15(9-13)21-4/h8-10,12H,5-7,11H2,1-4H3,(H2,17,18,19). The van der Waals surface area contributed by atoms with Gasteiger partial charge in [0.1, 0.15) is 11.5 Å². The first-order valence-electron chi connectivity index (χ1n) is 7.40. The molecule has 0 aromatic heterocycles. The van der Waals surface area contributed by atoms with Crippen molar-refractivity contribution in [3.63, 3.8) is 0 Å². The molecule has 0 unspecified atom stereocenters. The minimum absolute atomic E-state index is 0.265. The molecule has 2 amide bonds. The summed E-state index contributed by atoms with van der Waals surface area (Å²) in [5.41, 5.74) is 0.616. The summed E-state index contributed by atoms with van der Waals surface area (Å²) in [7, 11) is 3.13. The van der Waals surface area contributed by atoms with E-state index in [-0.39, 0.29) is 6.03 Å². The van der Waals surface area contributed by atoms with Crippen molar-refractivity contribution in [3.05, 3.63) is 18.2 Å². The van der Waals surface area contributed by atoms with Crippen LogP contribution >= 0.6 is 0 Å². The van der Waals surface area contributed by atoms with Crippen LogP contribution in [0.1, 0.15) is 20.3 Å². The minimum atomic E-state index is -0.265. The number of anilines is 1. The zero-order valence-corrected chi connectivity index (χ0v) is 13.8. The predicted octanol–water partition coefficient (Wildman–Crippen LogP) is 2.89. The molecule has 0 fully saturated rings. The summed E-state index contributed by atoms with van der Waals surface area (Å²) in [6.07, 6.45) is 0.779. The van der Waals surface area contributed by atoms with E-state index < -0.39 is 0 Å². The quantitative estimate of drug-likeness (QED) is 0.688. The number of amides is 2. The van der Waals surface area contributed by atoms with Gasteiger partial charge in [-0.3, -0.25) is 0 Å². The minimum Gasteiger partial charge on any atom is -0.497 e. The Kier molecular flexibility index (Phi) is 8.14. The van der Waals surface area contributed by atoms with Gasteiger partial charge >= 0.3 is 6.03 Å². The van der Waals surface area contributed by atoms with E-state index in [0.717, 1.165) is 13.0 Å². The van der Waals surface area contributed by atoms with Crippen molar-refractivity contribution in [2.75, 3.05) is 39.3 Å². The number of hydrogen-bond donors (Lipinski definition) is 2. The maximum Gasteiger partial charge on any atom is 0.319 e. The van der Waals surface area contributed by atoms with Gasteiger partial charge in [0.05, 0.1) is 14.2 Å². The molecule has 0 aliphatic heterocycles. The molecule has 22 heavy (non-hydrogen) atoms. The maximum atomic E-state index is 11.8. The van der Waals surface area contributed by atoms with Crippen molar-refractivity contribution in [2.24, 2.45) is 5.92 Å². The normalized spacial score (nSPS) is 10.4. The van der Waals surface area contributed by atoms with Crippen molar-refractivity contribution < 1.29 is 19.0 Å². The molecule has 0 heterocycles. The second kappa shape index (κ2) is 9.89. The molecule has 0 spiro atoms. The molecule has 0 aliphatic carbocycles. The topological polar surface area (TPSA) is 68.8 Å². The zero-order chi connectivity index (χ0) is 16.4. The molecule has 0 saturated carbocycles. The highest BCUT2D eigenvalue weighted by Crippen LogP contribution is 2.25. The predicted molar refractivity (Wildman–Crippen MR) is 86.8 cm³/mol. The molecule has 2 N–H and O–H groups in total. The molecule has 6 nitrogen and oxygen atoms in total. The van der Waals surface area contributed by atoms with Gasteiger partial charge in [-0.25, -0.2) is 4.79 Å². The fourth-order valence-electron chi connectivity index (χ4n) is 1.75. The first-order valence-corrected chi connectivity index (χ1v) is 7.40. The molecule has 1 aromatic carbocycles. The van der Waals surface area contributed by atoms with Gasteiger partial charge in [-0.2, -0.15) is 0 Å². The lowest BCUT2D eigenvalue weighted by Gasteiger charge is -2.11. The summed E-state index contributed by atoms with van der Waals surface area (Å²) in [5.74, 6) is 1.77. The van der Waals surface area contributed by atoms with Gasteiger partial charge in [0.15, 0.2) is 0 Å². The number of nitrogens with one attached hydrogen (secondary N) is 2. The SMILES string of the molecule is COc1cc(NC(=O)NCCCOCC(C)C)cc(OC)c1. The number of carbonyl (C=O) groups is 1. The van der Waals surface area contributed by atoms with E-state index >= 15 is 0 Å². The van der Waals surface area contributed by atoms with Crippen LogP contribution in [0, 0.1) is 5.92 Å². The number of carbonyl (C=O) groups excluding carboxylic acids is 1. The Balaban J connectivity index is 2.32. The lowest BCUT2D eigenvalue weighted by atomic mass is 10.2. The fraction of sp³-hybridized carbons (Fsp3) is 0.562. The average Bonchev–Trinajstić information content (AvgIpc) is 2.49. The van der Waals surface area contributed by atoms with Crippen LogP contribution in [0.5, 0.6) is 11.5 Å². The van der Waals surface area contributed by atoms with Crippen LogP contribution in [-0.2, 0) is 4.74 Å². The third-order valence-electron chi connectivity index (χ3n) is 2.81. The molecule has 0 aliphatic rings. The highest BCUT2D eigenvalue weighted by molar-refractivity contribution is 5.89. The van der Waals surface area contributed by atoms with Crippen LogP contribution in [-0.4, -0.2) is 40.0 Å². The van der Waals surface area contributed by atoms with Gasteiger partial charge in [0.25, 0.3) is 0 Å². The number of hydrogen-bond acceptors (Lipinski definition) is 4. The molecule has 1 aromatic rings. The van der Waals surface area contributed by atoms with Crippen molar-refractivity contribution in [3.8, 4) is 11.5 Å². The molecular weight excluding hydrogens is 284 g/mol. The van der Waals surface area contributed by atoms with E-state index in [1.54, 1.807) is 32.4 Å². The van der Waals surface area contributed by atoms with Crippen LogP contribution in [0.15, 0.2) is 18.2 Å². The highest BCUT2D eigenvalue weighted by atomic mass is 16.5. The third kappa shape index (κ3) is 7.17. The zero-order valence-electron chi connectivity index (χ0n) is 13.8. The summed E-state index contributed by atoms with van der Waals surface area (Å²) < 4.78 is 15.8. The van der Waals surface area contributed by atoms with Gasteiger partial charge in [-0.1, -0.05) is 13.8 Å². The Morgan fingerprint density at radius 2 is 1.77 bits per heavy atom. The number of urea groups is 1. The summed E-state index contributed by atoms with van der Waals surface area (Å²) >= 11 is 0. The lowest BCUT2D eigenvalue weighted by Crippen LogP contribution is -2.30. The van der Waals surface area contributed by atoms with Crippen LogP contribution in [0.4, 0.5) is 10.5 Å². The maximum absolute atomic E-state index is 11.8. The molecule has 0 radical (unpaired) electrons. The summed E-state index contributed by atoms with van der Waals surface area (Å²) in [4.78, 5) is 11.8. The third-order valence-corrected chi connectivity index (χ3v) is 2.81. The van der Waals surface area contributed by atoms with Gasteiger partial charge in [-0.05, 0) is 12.3 Å². The molecule has 124 valence electrons. The number of ether oxygens (including phenoxy) is 3. The van der Waals surface area contributed by atoms with Gasteiger partial charge in [-0.15, -0.1) is 0 Å². The Bertz CT molecular complexity index is 441.